The molecule has 8 nitrogen and oxygen atoms in total. The summed E-state index contributed by atoms with van der Waals surface area (Å²) in [6.45, 7) is 11.1. The summed E-state index contributed by atoms with van der Waals surface area (Å²) >= 11 is 0. The highest BCUT2D eigenvalue weighted by Crippen LogP contribution is 1.94. The van der Waals surface area contributed by atoms with Crippen LogP contribution in [0.3, 0.4) is 0 Å². The molecule has 2 atom stereocenters. The molecular weight excluding hydrogens is 320 g/mol. The van der Waals surface area contributed by atoms with Crippen molar-refractivity contribution in [3.05, 3.63) is 25.3 Å². The smallest absolute Gasteiger partial charge is 0.330 e. The first-order valence-corrected chi connectivity index (χ1v) is 7.70. The number of ether oxygens (including phenoxy) is 6. The SMILES string of the molecule is C=CC(=O)OCCOCCOC(C)OCCOCCOC(O)C=C. The van der Waals surface area contributed by atoms with Crippen molar-refractivity contribution in [3.8, 4) is 0 Å². The first-order chi connectivity index (χ1) is 11.6. The minimum Gasteiger partial charge on any atom is -0.460 e. The molecule has 0 saturated heterocycles. The quantitative estimate of drug-likeness (QED) is 0.135. The van der Waals surface area contributed by atoms with Crippen LogP contribution in [0.2, 0.25) is 0 Å². The highest BCUT2D eigenvalue weighted by molar-refractivity contribution is 5.81. The number of esters is 1. The monoisotopic (exact) mass is 348 g/mol. The predicted octanol–water partition coefficient (Wildman–Crippen LogP) is 0.649. The van der Waals surface area contributed by atoms with Gasteiger partial charge in [0.1, 0.15) is 6.61 Å². The van der Waals surface area contributed by atoms with E-state index in [4.69, 9.17) is 33.5 Å². The van der Waals surface area contributed by atoms with E-state index in [0.717, 1.165) is 6.08 Å². The molecule has 0 aromatic rings. The van der Waals surface area contributed by atoms with E-state index >= 15 is 0 Å². The third kappa shape index (κ3) is 15.6. The van der Waals surface area contributed by atoms with Crippen LogP contribution in [0.15, 0.2) is 25.3 Å². The Morgan fingerprint density at radius 1 is 0.917 bits per heavy atom. The Hall–Kier alpha value is -1.29. The van der Waals surface area contributed by atoms with Crippen LogP contribution in [0.25, 0.3) is 0 Å². The predicted molar refractivity (Wildman–Crippen MR) is 86.3 cm³/mol. The van der Waals surface area contributed by atoms with Gasteiger partial charge in [-0.25, -0.2) is 4.79 Å². The van der Waals surface area contributed by atoms with Gasteiger partial charge in [0, 0.05) is 6.08 Å². The largest absolute Gasteiger partial charge is 0.460 e. The summed E-state index contributed by atoms with van der Waals surface area (Å²) in [6.07, 6.45) is 1.05. The molecule has 8 heteroatoms. The zero-order valence-electron chi connectivity index (χ0n) is 14.2. The van der Waals surface area contributed by atoms with E-state index in [9.17, 15) is 4.79 Å². The van der Waals surface area contributed by atoms with Gasteiger partial charge in [-0.1, -0.05) is 13.2 Å². The van der Waals surface area contributed by atoms with Crippen molar-refractivity contribution in [2.45, 2.75) is 19.5 Å². The summed E-state index contributed by atoms with van der Waals surface area (Å²) in [5, 5.41) is 9.05. The first kappa shape index (κ1) is 22.7. The van der Waals surface area contributed by atoms with Crippen molar-refractivity contribution in [3.63, 3.8) is 0 Å². The van der Waals surface area contributed by atoms with Gasteiger partial charge in [-0.05, 0) is 13.0 Å². The zero-order valence-corrected chi connectivity index (χ0v) is 14.2. The molecule has 0 aromatic carbocycles. The normalized spacial score (nSPS) is 13.2. The van der Waals surface area contributed by atoms with Crippen molar-refractivity contribution >= 4 is 5.97 Å². The van der Waals surface area contributed by atoms with Crippen LogP contribution in [0.1, 0.15) is 6.92 Å². The van der Waals surface area contributed by atoms with Crippen molar-refractivity contribution in [2.75, 3.05) is 52.9 Å². The fourth-order valence-electron chi connectivity index (χ4n) is 1.35. The van der Waals surface area contributed by atoms with Crippen LogP contribution in [0, 0.1) is 0 Å². The van der Waals surface area contributed by atoms with E-state index in [2.05, 4.69) is 13.2 Å². The van der Waals surface area contributed by atoms with Gasteiger partial charge in [0.2, 0.25) is 0 Å². The highest BCUT2D eigenvalue weighted by atomic mass is 16.7. The molecule has 0 heterocycles. The molecule has 2 unspecified atom stereocenters. The number of carbonyl (C=O) groups is 1. The molecule has 0 aliphatic carbocycles. The fraction of sp³-hybridized carbons (Fsp3) is 0.688. The van der Waals surface area contributed by atoms with Crippen LogP contribution in [0.4, 0.5) is 0 Å². The molecule has 0 bridgehead atoms. The van der Waals surface area contributed by atoms with E-state index in [1.807, 2.05) is 0 Å². The summed E-state index contributed by atoms with van der Waals surface area (Å²) in [5.41, 5.74) is 0. The Bertz CT molecular complexity index is 334. The van der Waals surface area contributed by atoms with Gasteiger partial charge in [0.05, 0.1) is 46.2 Å². The van der Waals surface area contributed by atoms with Crippen molar-refractivity contribution in [1.82, 2.24) is 0 Å². The summed E-state index contributed by atoms with van der Waals surface area (Å²) in [5.74, 6) is -0.470. The van der Waals surface area contributed by atoms with E-state index in [0.29, 0.717) is 39.6 Å². The van der Waals surface area contributed by atoms with Gasteiger partial charge in [0.15, 0.2) is 12.6 Å². The molecule has 140 valence electrons. The number of hydrogen-bond donors (Lipinski definition) is 1. The zero-order chi connectivity index (χ0) is 18.0. The van der Waals surface area contributed by atoms with Crippen LogP contribution >= 0.6 is 0 Å². The minimum absolute atomic E-state index is 0.182. The summed E-state index contributed by atoms with van der Waals surface area (Å²) in [4.78, 5) is 10.7. The lowest BCUT2D eigenvalue weighted by atomic mass is 10.6. The third-order valence-corrected chi connectivity index (χ3v) is 2.52. The summed E-state index contributed by atoms with van der Waals surface area (Å²) in [6, 6.07) is 0. The lowest BCUT2D eigenvalue weighted by Crippen LogP contribution is -2.20. The van der Waals surface area contributed by atoms with Crippen LogP contribution in [-0.2, 0) is 33.2 Å². The highest BCUT2D eigenvalue weighted by Gasteiger charge is 2.02. The van der Waals surface area contributed by atoms with Gasteiger partial charge in [-0.2, -0.15) is 0 Å². The van der Waals surface area contributed by atoms with Gasteiger partial charge < -0.3 is 33.5 Å². The Balaban J connectivity index is 3.26. The molecule has 0 saturated carbocycles. The standard InChI is InChI=1S/C16H28O8/c1-4-15(17)23-12-8-19-6-10-21-14(3)22-11-7-20-9-13-24-16(18)5-2/h4-5,14-15,17H,1-2,6-13H2,3H3. The van der Waals surface area contributed by atoms with E-state index < -0.39 is 12.3 Å². The molecule has 0 aromatic heterocycles. The van der Waals surface area contributed by atoms with E-state index in [1.54, 1.807) is 6.92 Å². The van der Waals surface area contributed by atoms with Crippen molar-refractivity contribution in [2.24, 2.45) is 0 Å². The summed E-state index contributed by atoms with van der Waals surface area (Å²) in [7, 11) is 0. The number of carbonyl (C=O) groups excluding carboxylic acids is 1. The number of hydrogen-bond acceptors (Lipinski definition) is 8. The van der Waals surface area contributed by atoms with Gasteiger partial charge in [-0.3, -0.25) is 0 Å². The van der Waals surface area contributed by atoms with Gasteiger partial charge in [0.25, 0.3) is 0 Å². The third-order valence-electron chi connectivity index (χ3n) is 2.52. The average Bonchev–Trinajstić information content (AvgIpc) is 2.59. The average molecular weight is 348 g/mol. The first-order valence-electron chi connectivity index (χ1n) is 7.70. The molecule has 0 radical (unpaired) electrons. The molecule has 0 spiro atoms. The van der Waals surface area contributed by atoms with Crippen LogP contribution in [-0.4, -0.2) is 76.5 Å². The fourth-order valence-corrected chi connectivity index (χ4v) is 1.35. The molecule has 1 N–H and O–H groups in total. The Morgan fingerprint density at radius 3 is 1.92 bits per heavy atom. The lowest BCUT2D eigenvalue weighted by Gasteiger charge is -2.14. The number of rotatable bonds is 17. The van der Waals surface area contributed by atoms with Crippen LogP contribution in [0.5, 0.6) is 0 Å². The number of aliphatic hydroxyl groups is 1. The molecule has 0 fully saturated rings. The van der Waals surface area contributed by atoms with E-state index in [1.165, 1.54) is 6.08 Å². The second-order valence-corrected chi connectivity index (χ2v) is 4.40. The summed E-state index contributed by atoms with van der Waals surface area (Å²) < 4.78 is 30.9. The molecule has 0 aliphatic rings. The van der Waals surface area contributed by atoms with Gasteiger partial charge in [-0.15, -0.1) is 0 Å². The van der Waals surface area contributed by atoms with E-state index in [-0.39, 0.29) is 19.5 Å². The Kier molecular flexibility index (Phi) is 15.7. The topological polar surface area (TPSA) is 92.7 Å². The lowest BCUT2D eigenvalue weighted by molar-refractivity contribution is -0.151. The maximum absolute atomic E-state index is 10.7. The van der Waals surface area contributed by atoms with Crippen molar-refractivity contribution < 1.29 is 38.3 Å². The second kappa shape index (κ2) is 16.6. The van der Waals surface area contributed by atoms with Gasteiger partial charge >= 0.3 is 5.97 Å². The maximum Gasteiger partial charge on any atom is 0.330 e. The maximum atomic E-state index is 10.7. The Labute approximate surface area is 142 Å². The molecule has 0 aliphatic heterocycles. The molecule has 24 heavy (non-hydrogen) atoms. The molecular formula is C16H28O8. The molecule has 0 rings (SSSR count). The number of aliphatic hydroxyl groups excluding tert-OH is 1. The Morgan fingerprint density at radius 2 is 1.42 bits per heavy atom. The van der Waals surface area contributed by atoms with Crippen molar-refractivity contribution in [1.29, 1.82) is 0 Å². The van der Waals surface area contributed by atoms with Crippen LogP contribution < -0.4 is 0 Å². The molecule has 0 amide bonds. The minimum atomic E-state index is -0.963. The second-order valence-electron chi connectivity index (χ2n) is 4.40.